The first-order valence-electron chi connectivity index (χ1n) is 6.04. The summed E-state index contributed by atoms with van der Waals surface area (Å²) in [5.41, 5.74) is 4.96. The Morgan fingerprint density at radius 1 is 1.41 bits per heavy atom. The molecule has 2 unspecified atom stereocenters. The number of hydrogen-bond acceptors (Lipinski definition) is 1. The van der Waals surface area contributed by atoms with E-state index in [0.29, 0.717) is 5.66 Å². The monoisotopic (exact) mass is 267 g/mol. The molecule has 0 spiro atoms. The van der Waals surface area contributed by atoms with Crippen molar-refractivity contribution in [2.24, 2.45) is 0 Å². The van der Waals surface area contributed by atoms with Gasteiger partial charge in [0.05, 0.1) is 31.2 Å². The van der Waals surface area contributed by atoms with Crippen molar-refractivity contribution in [3.05, 3.63) is 35.4 Å². The van der Waals surface area contributed by atoms with Crippen molar-refractivity contribution in [1.29, 1.82) is 0 Å². The normalized spacial score (nSPS) is 30.5. The summed E-state index contributed by atoms with van der Waals surface area (Å²) in [5, 5.41) is 0. The Hall–Kier alpha value is -0.520. The van der Waals surface area contributed by atoms with Gasteiger partial charge >= 0.3 is 0 Å². The van der Waals surface area contributed by atoms with Crippen molar-refractivity contribution in [1.82, 2.24) is 0 Å². The molecule has 3 heteroatoms. The van der Waals surface area contributed by atoms with Gasteiger partial charge in [0, 0.05) is 5.57 Å². The number of ether oxygens (including phenoxy) is 1. The predicted octanol–water partition coefficient (Wildman–Crippen LogP) is 4.21. The topological polar surface area (TPSA) is 9.23 Å². The second-order valence-corrected chi connectivity index (χ2v) is 10.7. The second-order valence-electron chi connectivity index (χ2n) is 5.06. The van der Waals surface area contributed by atoms with Gasteiger partial charge in [-0.1, -0.05) is 6.07 Å². The van der Waals surface area contributed by atoms with Crippen LogP contribution in [-0.4, -0.2) is 25.6 Å². The highest BCUT2D eigenvalue weighted by Gasteiger charge is 2.48. The highest BCUT2D eigenvalue weighted by Crippen LogP contribution is 2.73. The van der Waals surface area contributed by atoms with E-state index in [9.17, 15) is 0 Å². The van der Waals surface area contributed by atoms with Crippen molar-refractivity contribution < 1.29 is 4.74 Å². The Balaban J connectivity index is 2.04. The van der Waals surface area contributed by atoms with E-state index in [0.717, 1.165) is 18.3 Å². The maximum Gasteiger partial charge on any atom is 0.122 e. The first-order chi connectivity index (χ1) is 8.12. The fraction of sp³-hybridized carbons (Fsp3) is 0.429. The van der Waals surface area contributed by atoms with Crippen LogP contribution in [0.5, 0.6) is 5.75 Å². The molecular formula is C14H17ClOP+. The van der Waals surface area contributed by atoms with Gasteiger partial charge in [-0.15, -0.1) is 0 Å². The largest absolute Gasteiger partial charge is 0.497 e. The summed E-state index contributed by atoms with van der Waals surface area (Å²) in [5.74, 6) is 0.962. The fourth-order valence-electron chi connectivity index (χ4n) is 3.02. The van der Waals surface area contributed by atoms with Gasteiger partial charge in [-0.3, -0.25) is 0 Å². The molecule has 17 heavy (non-hydrogen) atoms. The Labute approximate surface area is 108 Å². The van der Waals surface area contributed by atoms with E-state index >= 15 is 0 Å². The molecule has 2 atom stereocenters. The number of benzene rings is 1. The lowest BCUT2D eigenvalue weighted by molar-refractivity contribution is 0.414. The molecule has 2 aliphatic rings. The fourth-order valence-corrected chi connectivity index (χ4v) is 6.14. The van der Waals surface area contributed by atoms with E-state index in [1.807, 2.05) is 0 Å². The molecule has 0 fully saturated rings. The SMILES string of the molecule is COc1ccc2c(c1)CCC1C2=CC[P+]1(C)Cl. The number of fused-ring (bicyclic) bond motifs is 3. The number of methoxy groups -OCH3 is 1. The van der Waals surface area contributed by atoms with Gasteiger partial charge in [-0.2, -0.15) is 0 Å². The summed E-state index contributed by atoms with van der Waals surface area (Å²) in [6, 6.07) is 6.44. The number of aryl methyl sites for hydroxylation is 1. The number of hydrogen-bond donors (Lipinski definition) is 0. The summed E-state index contributed by atoms with van der Waals surface area (Å²) in [6.45, 7) is 1.02. The summed E-state index contributed by atoms with van der Waals surface area (Å²) < 4.78 is 5.29. The van der Waals surface area contributed by atoms with E-state index in [4.69, 9.17) is 16.0 Å². The first-order valence-corrected chi connectivity index (χ1v) is 9.43. The number of allylic oxidation sites excluding steroid dienone is 2. The Morgan fingerprint density at radius 3 is 3.00 bits per heavy atom. The van der Waals surface area contributed by atoms with Gasteiger partial charge in [0.15, 0.2) is 0 Å². The lowest BCUT2D eigenvalue weighted by Gasteiger charge is -2.26. The van der Waals surface area contributed by atoms with E-state index in [1.165, 1.54) is 23.1 Å². The zero-order chi connectivity index (χ0) is 12.0. The molecular weight excluding hydrogens is 251 g/mol. The minimum atomic E-state index is -1.25. The average Bonchev–Trinajstić information content (AvgIpc) is 2.65. The van der Waals surface area contributed by atoms with Gasteiger partial charge in [0.25, 0.3) is 0 Å². The lowest BCUT2D eigenvalue weighted by Crippen LogP contribution is -2.16. The lowest BCUT2D eigenvalue weighted by atomic mass is 9.87. The molecule has 0 amide bonds. The van der Waals surface area contributed by atoms with Gasteiger partial charge in [0.1, 0.15) is 18.0 Å². The van der Waals surface area contributed by atoms with Crippen LogP contribution >= 0.6 is 17.9 Å². The average molecular weight is 268 g/mol. The quantitative estimate of drug-likeness (QED) is 0.693. The molecule has 3 rings (SSSR count). The van der Waals surface area contributed by atoms with Crippen LogP contribution in [0.25, 0.3) is 5.57 Å². The molecule has 0 radical (unpaired) electrons. The van der Waals surface area contributed by atoms with E-state index in [1.54, 1.807) is 7.11 Å². The molecule has 0 N–H and O–H groups in total. The zero-order valence-electron chi connectivity index (χ0n) is 10.2. The van der Waals surface area contributed by atoms with Crippen LogP contribution < -0.4 is 4.74 Å². The molecule has 1 aliphatic carbocycles. The summed E-state index contributed by atoms with van der Waals surface area (Å²) in [4.78, 5) is 0. The van der Waals surface area contributed by atoms with Crippen LogP contribution in [0.4, 0.5) is 0 Å². The smallest absolute Gasteiger partial charge is 0.122 e. The number of halogens is 1. The predicted molar refractivity (Wildman–Crippen MR) is 76.6 cm³/mol. The minimum absolute atomic E-state index is 0.630. The Bertz CT molecular complexity index is 493. The van der Waals surface area contributed by atoms with Crippen LogP contribution in [0, 0.1) is 0 Å². The highest BCUT2D eigenvalue weighted by atomic mass is 35.7. The van der Waals surface area contributed by atoms with E-state index in [-0.39, 0.29) is 0 Å². The van der Waals surface area contributed by atoms with Crippen molar-refractivity contribution >= 4 is 23.4 Å². The Kier molecular flexibility index (Phi) is 2.72. The first kappa shape index (κ1) is 11.6. The molecule has 1 aromatic rings. The Morgan fingerprint density at radius 2 is 2.24 bits per heavy atom. The summed E-state index contributed by atoms with van der Waals surface area (Å²) in [6.07, 6.45) is 5.81. The molecule has 0 aromatic heterocycles. The van der Waals surface area contributed by atoms with Crippen molar-refractivity contribution in [2.75, 3.05) is 19.9 Å². The van der Waals surface area contributed by atoms with Crippen LogP contribution in [0.3, 0.4) is 0 Å². The van der Waals surface area contributed by atoms with Crippen LogP contribution in [-0.2, 0) is 6.42 Å². The molecule has 0 saturated carbocycles. The van der Waals surface area contributed by atoms with Crippen molar-refractivity contribution in [3.63, 3.8) is 0 Å². The van der Waals surface area contributed by atoms with E-state index in [2.05, 4.69) is 30.9 Å². The van der Waals surface area contributed by atoms with Crippen LogP contribution in [0.1, 0.15) is 17.5 Å². The molecule has 1 nitrogen and oxygen atoms in total. The van der Waals surface area contributed by atoms with Crippen LogP contribution in [0.15, 0.2) is 24.3 Å². The third-order valence-corrected chi connectivity index (χ3v) is 7.84. The van der Waals surface area contributed by atoms with Gasteiger partial charge in [-0.05, 0) is 42.2 Å². The zero-order valence-corrected chi connectivity index (χ0v) is 11.9. The van der Waals surface area contributed by atoms with E-state index < -0.39 is 6.62 Å². The standard InChI is InChI=1S/C14H17ClOP/c1-16-11-4-5-12-10(9-11)3-6-14-13(12)7-8-17(14,2)15/h4-5,7,9,14H,3,6,8H2,1-2H3/q+1. The van der Waals surface area contributed by atoms with Gasteiger partial charge in [-0.25, -0.2) is 0 Å². The van der Waals surface area contributed by atoms with Gasteiger partial charge in [0.2, 0.25) is 0 Å². The maximum absolute atomic E-state index is 6.70. The summed E-state index contributed by atoms with van der Waals surface area (Å²) >= 11 is 6.70. The van der Waals surface area contributed by atoms with Crippen molar-refractivity contribution in [3.8, 4) is 5.75 Å². The van der Waals surface area contributed by atoms with Gasteiger partial charge < -0.3 is 4.74 Å². The molecule has 90 valence electrons. The number of rotatable bonds is 1. The second kappa shape index (κ2) is 4.00. The molecule has 0 saturated heterocycles. The van der Waals surface area contributed by atoms with Crippen LogP contribution in [0.2, 0.25) is 0 Å². The molecule has 1 aliphatic heterocycles. The molecule has 0 bridgehead atoms. The summed E-state index contributed by atoms with van der Waals surface area (Å²) in [7, 11) is 1.73. The molecule has 1 heterocycles. The third-order valence-electron chi connectivity index (χ3n) is 3.99. The van der Waals surface area contributed by atoms with Crippen molar-refractivity contribution in [2.45, 2.75) is 18.5 Å². The third kappa shape index (κ3) is 1.80. The molecule has 1 aromatic carbocycles. The highest BCUT2D eigenvalue weighted by molar-refractivity contribution is 7.99. The minimum Gasteiger partial charge on any atom is -0.497 e. The maximum atomic E-state index is 6.70.